The summed E-state index contributed by atoms with van der Waals surface area (Å²) in [5.41, 5.74) is 22.6. The molecule has 0 atom stereocenters. The second-order valence-electron chi connectivity index (χ2n) is 24.2. The molecule has 0 aromatic heterocycles. The molecule has 0 unspecified atom stereocenters. The molecule has 11 rings (SSSR count). The third-order valence-corrected chi connectivity index (χ3v) is 16.7. The molecule has 7 aromatic rings. The summed E-state index contributed by atoms with van der Waals surface area (Å²) in [6.07, 6.45) is 4.41. The highest BCUT2D eigenvalue weighted by Crippen LogP contribution is 2.54. The van der Waals surface area contributed by atoms with Gasteiger partial charge in [-0.25, -0.2) is 0 Å². The highest BCUT2D eigenvalue weighted by Gasteiger charge is 2.48. The van der Waals surface area contributed by atoms with Gasteiger partial charge >= 0.3 is 0 Å². The van der Waals surface area contributed by atoms with E-state index in [-0.39, 0.29) is 33.8 Å². The van der Waals surface area contributed by atoms with Crippen LogP contribution in [-0.2, 0) is 27.1 Å². The molecular weight excluding hydrogens is 808 g/mol. The van der Waals surface area contributed by atoms with Crippen LogP contribution in [0.5, 0.6) is 0 Å². The molecule has 0 radical (unpaired) electrons. The minimum Gasteiger partial charge on any atom is -0.311 e. The molecule has 67 heavy (non-hydrogen) atoms. The van der Waals surface area contributed by atoms with E-state index >= 15 is 0 Å². The van der Waals surface area contributed by atoms with Gasteiger partial charge in [0.15, 0.2) is 0 Å². The van der Waals surface area contributed by atoms with Crippen LogP contribution in [0, 0.1) is 13.8 Å². The fourth-order valence-electron chi connectivity index (χ4n) is 12.4. The predicted octanol–water partition coefficient (Wildman–Crippen LogP) is 15.7. The van der Waals surface area contributed by atoms with Crippen molar-refractivity contribution in [1.82, 2.24) is 0 Å². The quantitative estimate of drug-likeness (QED) is 0.163. The second kappa shape index (κ2) is 14.9. The fourth-order valence-corrected chi connectivity index (χ4v) is 12.4. The van der Waals surface area contributed by atoms with E-state index in [1.807, 2.05) is 12.1 Å². The molecule has 338 valence electrons. The molecule has 0 amide bonds. The number of hydrogen-bond acceptors (Lipinski definition) is 2. The van der Waals surface area contributed by atoms with Gasteiger partial charge in [0.2, 0.25) is 0 Å². The Kier molecular flexibility index (Phi) is 8.93. The Hall–Kier alpha value is -5.80. The summed E-state index contributed by atoms with van der Waals surface area (Å²) in [6, 6.07) is 49.7. The predicted molar refractivity (Wildman–Crippen MR) is 290 cm³/mol. The Morgan fingerprint density at radius 3 is 1.52 bits per heavy atom. The van der Waals surface area contributed by atoms with E-state index in [2.05, 4.69) is 214 Å². The first kappa shape index (κ1) is 40.3. The molecule has 3 heteroatoms. The average Bonchev–Trinajstić information content (AvgIpc) is 3.31. The van der Waals surface area contributed by atoms with Crippen molar-refractivity contribution in [2.24, 2.45) is 0 Å². The van der Waals surface area contributed by atoms with Crippen LogP contribution in [-0.4, -0.2) is 6.71 Å². The van der Waals surface area contributed by atoms with Gasteiger partial charge in [-0.15, -0.1) is 0 Å². The van der Waals surface area contributed by atoms with Gasteiger partial charge < -0.3 is 9.80 Å². The van der Waals surface area contributed by atoms with Gasteiger partial charge in [0.05, 0.1) is 5.69 Å². The van der Waals surface area contributed by atoms with Gasteiger partial charge in [0, 0.05) is 38.1 Å². The fraction of sp³-hybridized carbons (Fsp3) is 0.344. The number of benzene rings is 7. The Labute approximate surface area is 406 Å². The number of rotatable bonds is 4. The SMILES string of the molecule is [2H]C([2H])([2H])c1cc2c3c(c1)N(c1ccc(C(C)(C)C)cc1-c1ccccc1)c1cc4c(cc1B3c1cc(-c3ccccc3)ccc1N2c1cc2c(cc1C)C(C)(C)CCC2(C)C)C(C)(C)CCC4(C)C. The Morgan fingerprint density at radius 1 is 0.463 bits per heavy atom. The molecule has 2 aliphatic carbocycles. The molecule has 2 heterocycles. The van der Waals surface area contributed by atoms with Gasteiger partial charge in [0.25, 0.3) is 6.71 Å². The van der Waals surface area contributed by atoms with Crippen molar-refractivity contribution in [1.29, 1.82) is 0 Å². The van der Waals surface area contributed by atoms with Crippen molar-refractivity contribution < 1.29 is 4.11 Å². The maximum atomic E-state index is 9.24. The molecule has 2 nitrogen and oxygen atoms in total. The summed E-state index contributed by atoms with van der Waals surface area (Å²) in [4.78, 5) is 4.93. The van der Waals surface area contributed by atoms with Crippen LogP contribution in [0.2, 0.25) is 0 Å². The Balaban J connectivity index is 1.31. The third-order valence-electron chi connectivity index (χ3n) is 16.7. The molecule has 2 aliphatic heterocycles. The van der Waals surface area contributed by atoms with E-state index in [1.165, 1.54) is 55.4 Å². The van der Waals surface area contributed by atoms with Gasteiger partial charge in [-0.3, -0.25) is 0 Å². The van der Waals surface area contributed by atoms with E-state index in [4.69, 9.17) is 0 Å². The van der Waals surface area contributed by atoms with E-state index in [9.17, 15) is 4.11 Å². The largest absolute Gasteiger partial charge is 0.311 e. The van der Waals surface area contributed by atoms with Crippen LogP contribution in [0.15, 0.2) is 133 Å². The number of nitrogens with zero attached hydrogens (tertiary/aromatic N) is 2. The zero-order valence-electron chi connectivity index (χ0n) is 45.0. The lowest BCUT2D eigenvalue weighted by Gasteiger charge is -2.48. The van der Waals surface area contributed by atoms with Crippen molar-refractivity contribution in [3.63, 3.8) is 0 Å². The summed E-state index contributed by atoms with van der Waals surface area (Å²) in [5, 5.41) is 0. The maximum absolute atomic E-state index is 9.24. The van der Waals surface area contributed by atoms with E-state index in [1.54, 1.807) is 0 Å². The number of anilines is 6. The summed E-state index contributed by atoms with van der Waals surface area (Å²) >= 11 is 0. The molecule has 7 aromatic carbocycles. The zero-order valence-corrected chi connectivity index (χ0v) is 42.0. The van der Waals surface area contributed by atoms with Crippen LogP contribution < -0.4 is 26.2 Å². The summed E-state index contributed by atoms with van der Waals surface area (Å²) in [5.74, 6) is 0. The highest BCUT2D eigenvalue weighted by atomic mass is 15.2. The lowest BCUT2D eigenvalue weighted by atomic mass is 9.33. The van der Waals surface area contributed by atoms with Crippen molar-refractivity contribution in [2.45, 2.75) is 143 Å². The van der Waals surface area contributed by atoms with Crippen molar-refractivity contribution in [2.75, 3.05) is 9.80 Å². The van der Waals surface area contributed by atoms with Crippen LogP contribution >= 0.6 is 0 Å². The maximum Gasteiger partial charge on any atom is 0.252 e. The lowest BCUT2D eigenvalue weighted by molar-refractivity contribution is 0.332. The first-order valence-corrected chi connectivity index (χ1v) is 24.9. The lowest BCUT2D eigenvalue weighted by Crippen LogP contribution is -2.62. The van der Waals surface area contributed by atoms with Crippen LogP contribution in [0.1, 0.15) is 145 Å². The Morgan fingerprint density at radius 2 is 0.955 bits per heavy atom. The molecule has 0 fully saturated rings. The normalized spacial score (nSPS) is 18.9. The van der Waals surface area contributed by atoms with Gasteiger partial charge in [-0.2, -0.15) is 0 Å². The van der Waals surface area contributed by atoms with Crippen molar-refractivity contribution in [3.05, 3.63) is 172 Å². The second-order valence-corrected chi connectivity index (χ2v) is 24.2. The molecule has 0 N–H and O–H groups in total. The third kappa shape index (κ3) is 6.88. The molecule has 4 aliphatic rings. The average molecular weight is 880 g/mol. The van der Waals surface area contributed by atoms with E-state index in [0.717, 1.165) is 76.4 Å². The zero-order chi connectivity index (χ0) is 49.7. The molecular formula is C64H69BN2. The Bertz CT molecular complexity index is 3260. The standard InChI is InChI=1S/C64H69BN2/c1-40-32-57-59-58(33-40)67(55-38-49-47(34-41(55)2)61(6,7)28-30-63(49,10)11)54-26-24-44(42-20-16-14-17-21-42)35-51(54)65(59)52-37-48-50(64(12,13)31-29-62(48,8)9)39-56(52)66(57)53-27-25-45(60(3,4)5)36-46(53)43-22-18-15-19-23-43/h14-27,32-39H,28-31H2,1-13H3/i1D3. The molecule has 0 saturated carbocycles. The molecule has 0 bridgehead atoms. The van der Waals surface area contributed by atoms with Crippen LogP contribution in [0.25, 0.3) is 22.3 Å². The van der Waals surface area contributed by atoms with E-state index < -0.39 is 6.85 Å². The van der Waals surface area contributed by atoms with Gasteiger partial charge in [0.1, 0.15) is 0 Å². The van der Waals surface area contributed by atoms with Gasteiger partial charge in [-0.1, -0.05) is 167 Å². The summed E-state index contributed by atoms with van der Waals surface area (Å²) in [6.45, 7) is 25.8. The number of fused-ring (bicyclic) bond motifs is 6. The van der Waals surface area contributed by atoms with Crippen molar-refractivity contribution >= 4 is 57.2 Å². The van der Waals surface area contributed by atoms with Crippen LogP contribution in [0.3, 0.4) is 0 Å². The number of hydrogen-bond donors (Lipinski definition) is 0. The number of aryl methyl sites for hydroxylation is 2. The minimum absolute atomic E-state index is 0.0337. The monoisotopic (exact) mass is 880 g/mol. The van der Waals surface area contributed by atoms with Gasteiger partial charge in [-0.05, 0) is 181 Å². The topological polar surface area (TPSA) is 6.48 Å². The summed E-state index contributed by atoms with van der Waals surface area (Å²) in [7, 11) is 0. The van der Waals surface area contributed by atoms with Crippen molar-refractivity contribution in [3.8, 4) is 22.3 Å². The first-order chi connectivity index (χ1) is 32.9. The first-order valence-electron chi connectivity index (χ1n) is 26.4. The van der Waals surface area contributed by atoms with Crippen LogP contribution in [0.4, 0.5) is 34.1 Å². The smallest absolute Gasteiger partial charge is 0.252 e. The minimum atomic E-state index is -2.38. The summed E-state index contributed by atoms with van der Waals surface area (Å²) < 4.78 is 27.7. The highest BCUT2D eigenvalue weighted by molar-refractivity contribution is 7.00. The molecule has 0 spiro atoms. The molecule has 0 saturated heterocycles. The van der Waals surface area contributed by atoms with E-state index in [0.29, 0.717) is 5.56 Å².